The zero-order valence-corrected chi connectivity index (χ0v) is 17.7. The number of hydrogen-bond acceptors (Lipinski definition) is 3. The third-order valence-electron chi connectivity index (χ3n) is 6.14. The van der Waals surface area contributed by atoms with Crippen LogP contribution in [-0.4, -0.2) is 30.8 Å². The van der Waals surface area contributed by atoms with Gasteiger partial charge >= 0.3 is 0 Å². The zero-order chi connectivity index (χ0) is 21.1. The number of benzene rings is 2. The molecule has 0 bridgehead atoms. The number of ether oxygens (including phenoxy) is 1. The van der Waals surface area contributed by atoms with Crippen molar-refractivity contribution in [3.63, 3.8) is 0 Å². The van der Waals surface area contributed by atoms with Crippen molar-refractivity contribution in [2.45, 2.75) is 37.3 Å². The van der Waals surface area contributed by atoms with Gasteiger partial charge in [0.25, 0.3) is 0 Å². The van der Waals surface area contributed by atoms with Crippen LogP contribution in [0.3, 0.4) is 0 Å². The lowest BCUT2D eigenvalue weighted by molar-refractivity contribution is -0.127. The van der Waals surface area contributed by atoms with Gasteiger partial charge in [-0.2, -0.15) is 0 Å². The van der Waals surface area contributed by atoms with Crippen molar-refractivity contribution < 1.29 is 14.3 Å². The molecular weight excluding hydrogens is 400 g/mol. The molecule has 1 aliphatic carbocycles. The van der Waals surface area contributed by atoms with Crippen LogP contribution in [0.1, 0.15) is 30.4 Å². The summed E-state index contributed by atoms with van der Waals surface area (Å²) in [4.78, 5) is 28.0. The predicted octanol–water partition coefficient (Wildman–Crippen LogP) is 3.94. The topological polar surface area (TPSA) is 58.6 Å². The average molecular weight is 425 g/mol. The minimum atomic E-state index is -0.621. The number of rotatable bonds is 5. The Morgan fingerprint density at radius 3 is 2.60 bits per heavy atom. The first-order chi connectivity index (χ1) is 14.6. The highest BCUT2D eigenvalue weighted by atomic mass is 35.5. The van der Waals surface area contributed by atoms with Gasteiger partial charge in [-0.15, -0.1) is 11.6 Å². The highest BCUT2D eigenvalue weighted by molar-refractivity contribution is 6.30. The SMILES string of the molecule is COc1ccc(CNC(=O)[C@H]2N(C(=O)CCl)c3ccccc3[C@@]23CC=CCC3)cc1. The zero-order valence-electron chi connectivity index (χ0n) is 16.9. The van der Waals surface area contributed by atoms with E-state index >= 15 is 0 Å². The smallest absolute Gasteiger partial charge is 0.244 e. The van der Waals surface area contributed by atoms with Gasteiger partial charge in [-0.05, 0) is 48.6 Å². The molecule has 1 N–H and O–H groups in total. The van der Waals surface area contributed by atoms with E-state index in [0.717, 1.165) is 41.8 Å². The minimum Gasteiger partial charge on any atom is -0.497 e. The first kappa shape index (κ1) is 20.5. The van der Waals surface area contributed by atoms with Gasteiger partial charge in [0.05, 0.1) is 7.11 Å². The maximum absolute atomic E-state index is 13.5. The quantitative estimate of drug-likeness (QED) is 0.584. The van der Waals surface area contributed by atoms with Crippen molar-refractivity contribution in [3.05, 3.63) is 71.8 Å². The normalized spacial score (nSPS) is 22.1. The number of amides is 2. The monoisotopic (exact) mass is 424 g/mol. The van der Waals surface area contributed by atoms with Crippen LogP contribution in [0.25, 0.3) is 0 Å². The first-order valence-electron chi connectivity index (χ1n) is 10.1. The van der Waals surface area contributed by atoms with Crippen molar-refractivity contribution in [1.82, 2.24) is 5.32 Å². The van der Waals surface area contributed by atoms with Crippen LogP contribution in [-0.2, 0) is 21.5 Å². The molecule has 0 saturated heterocycles. The van der Waals surface area contributed by atoms with Gasteiger partial charge in [0, 0.05) is 17.6 Å². The number of para-hydroxylation sites is 1. The van der Waals surface area contributed by atoms with E-state index < -0.39 is 11.5 Å². The second kappa shape index (κ2) is 8.52. The van der Waals surface area contributed by atoms with Gasteiger partial charge in [0.2, 0.25) is 11.8 Å². The number of carbonyl (C=O) groups is 2. The molecule has 1 spiro atoms. The van der Waals surface area contributed by atoms with Gasteiger partial charge in [-0.3, -0.25) is 14.5 Å². The second-order valence-corrected chi connectivity index (χ2v) is 8.02. The van der Waals surface area contributed by atoms with Gasteiger partial charge in [-0.25, -0.2) is 0 Å². The molecule has 2 aliphatic rings. The van der Waals surface area contributed by atoms with Crippen LogP contribution >= 0.6 is 11.6 Å². The largest absolute Gasteiger partial charge is 0.497 e. The Bertz CT molecular complexity index is 973. The van der Waals surface area contributed by atoms with E-state index in [1.807, 2.05) is 48.5 Å². The molecule has 1 heterocycles. The average Bonchev–Trinajstić information content (AvgIpc) is 3.07. The number of methoxy groups -OCH3 is 1. The van der Waals surface area contributed by atoms with Gasteiger partial charge < -0.3 is 10.1 Å². The molecule has 0 radical (unpaired) electrons. The lowest BCUT2D eigenvalue weighted by atomic mass is 9.68. The standard InChI is InChI=1S/C24H25ClN2O3/c1-30-18-11-9-17(10-12-18)16-26-23(29)22-24(13-5-2-6-14-24)19-7-3-4-8-20(19)27(22)21(28)15-25/h2-5,7-12,22H,6,13-16H2,1H3,(H,26,29)/t22-,24+/m1/s1. The van der Waals surface area contributed by atoms with E-state index in [1.165, 1.54) is 0 Å². The molecule has 30 heavy (non-hydrogen) atoms. The Morgan fingerprint density at radius 1 is 1.17 bits per heavy atom. The molecule has 0 saturated carbocycles. The summed E-state index contributed by atoms with van der Waals surface area (Å²) in [6.07, 6.45) is 6.67. The van der Waals surface area contributed by atoms with E-state index in [0.29, 0.717) is 6.54 Å². The van der Waals surface area contributed by atoms with E-state index in [4.69, 9.17) is 16.3 Å². The number of hydrogen-bond donors (Lipinski definition) is 1. The minimum absolute atomic E-state index is 0.157. The summed E-state index contributed by atoms with van der Waals surface area (Å²) < 4.78 is 5.19. The molecule has 156 valence electrons. The lowest BCUT2D eigenvalue weighted by Crippen LogP contribution is -2.56. The molecule has 6 heteroatoms. The third kappa shape index (κ3) is 3.47. The molecule has 2 atom stereocenters. The summed E-state index contributed by atoms with van der Waals surface area (Å²) in [6, 6.07) is 14.8. The van der Waals surface area contributed by atoms with Crippen molar-refractivity contribution in [1.29, 1.82) is 0 Å². The van der Waals surface area contributed by atoms with Crippen molar-refractivity contribution in [2.75, 3.05) is 17.9 Å². The Morgan fingerprint density at radius 2 is 1.93 bits per heavy atom. The predicted molar refractivity (Wildman–Crippen MR) is 118 cm³/mol. The number of anilines is 1. The van der Waals surface area contributed by atoms with Gasteiger partial charge in [-0.1, -0.05) is 42.5 Å². The Hall–Kier alpha value is -2.79. The fourth-order valence-corrected chi connectivity index (χ4v) is 4.85. The van der Waals surface area contributed by atoms with Crippen molar-refractivity contribution in [3.8, 4) is 5.75 Å². The Labute approximate surface area is 181 Å². The maximum Gasteiger partial charge on any atom is 0.244 e. The molecule has 0 unspecified atom stereocenters. The van der Waals surface area contributed by atoms with E-state index in [1.54, 1.807) is 12.0 Å². The van der Waals surface area contributed by atoms with Crippen LogP contribution < -0.4 is 15.0 Å². The third-order valence-corrected chi connectivity index (χ3v) is 6.37. The van der Waals surface area contributed by atoms with Crippen molar-refractivity contribution in [2.24, 2.45) is 0 Å². The number of fused-ring (bicyclic) bond motifs is 2. The highest BCUT2D eigenvalue weighted by Crippen LogP contribution is 2.52. The van der Waals surface area contributed by atoms with Crippen LogP contribution in [0.15, 0.2) is 60.7 Å². The number of carbonyl (C=O) groups excluding carboxylic acids is 2. The van der Waals surface area contributed by atoms with E-state index in [9.17, 15) is 9.59 Å². The van der Waals surface area contributed by atoms with Crippen LogP contribution in [0.4, 0.5) is 5.69 Å². The molecule has 0 fully saturated rings. The Balaban J connectivity index is 1.66. The van der Waals surface area contributed by atoms with Crippen molar-refractivity contribution >= 4 is 29.1 Å². The van der Waals surface area contributed by atoms with Gasteiger partial charge in [0.15, 0.2) is 0 Å². The Kier molecular flexibility index (Phi) is 5.82. The number of nitrogens with one attached hydrogen (secondary N) is 1. The molecule has 1 aliphatic heterocycles. The summed E-state index contributed by atoms with van der Waals surface area (Å²) in [5, 5.41) is 3.05. The maximum atomic E-state index is 13.5. The van der Waals surface area contributed by atoms with E-state index in [2.05, 4.69) is 17.5 Å². The summed E-state index contributed by atoms with van der Waals surface area (Å²) in [6.45, 7) is 0.379. The summed E-state index contributed by atoms with van der Waals surface area (Å²) >= 11 is 5.95. The number of nitrogens with zero attached hydrogens (tertiary/aromatic N) is 1. The fraction of sp³-hybridized carbons (Fsp3) is 0.333. The summed E-state index contributed by atoms with van der Waals surface area (Å²) in [7, 11) is 1.62. The number of alkyl halides is 1. The molecule has 2 amide bonds. The number of halogens is 1. The molecule has 2 aromatic rings. The first-order valence-corrected chi connectivity index (χ1v) is 10.7. The highest BCUT2D eigenvalue weighted by Gasteiger charge is 2.55. The molecule has 4 rings (SSSR count). The molecular formula is C24H25ClN2O3. The number of allylic oxidation sites excluding steroid dienone is 2. The summed E-state index contributed by atoms with van der Waals surface area (Å²) in [5.41, 5.74) is 2.38. The van der Waals surface area contributed by atoms with Gasteiger partial charge in [0.1, 0.15) is 17.7 Å². The molecule has 0 aromatic heterocycles. The summed E-state index contributed by atoms with van der Waals surface area (Å²) in [5.74, 6) is 0.196. The fourth-order valence-electron chi connectivity index (χ4n) is 4.73. The van der Waals surface area contributed by atoms with Crippen LogP contribution in [0.2, 0.25) is 0 Å². The van der Waals surface area contributed by atoms with Crippen LogP contribution in [0.5, 0.6) is 5.75 Å². The second-order valence-electron chi connectivity index (χ2n) is 7.75. The lowest BCUT2D eigenvalue weighted by Gasteiger charge is -2.38. The van der Waals surface area contributed by atoms with Crippen LogP contribution in [0, 0.1) is 0 Å². The molecule has 2 aromatic carbocycles. The van der Waals surface area contributed by atoms with E-state index in [-0.39, 0.29) is 17.7 Å². The molecule has 5 nitrogen and oxygen atoms in total.